The van der Waals surface area contributed by atoms with Crippen molar-refractivity contribution in [2.24, 2.45) is 0 Å². The van der Waals surface area contributed by atoms with Crippen molar-refractivity contribution in [3.05, 3.63) is 43.4 Å². The lowest BCUT2D eigenvalue weighted by Crippen LogP contribution is -2.20. The Labute approximate surface area is 118 Å². The van der Waals surface area contributed by atoms with Crippen LogP contribution in [0.25, 0.3) is 0 Å². The van der Waals surface area contributed by atoms with Gasteiger partial charge in [0.05, 0.1) is 16.6 Å². The minimum absolute atomic E-state index is 0.129. The van der Waals surface area contributed by atoms with Gasteiger partial charge >= 0.3 is 0 Å². The van der Waals surface area contributed by atoms with Gasteiger partial charge in [0.25, 0.3) is 0 Å². The van der Waals surface area contributed by atoms with E-state index < -0.39 is 0 Å². The summed E-state index contributed by atoms with van der Waals surface area (Å²) in [5.74, 6) is 0. The third-order valence-electron chi connectivity index (χ3n) is 2.53. The smallest absolute Gasteiger partial charge is 0.174 e. The molecule has 2 nitrogen and oxygen atoms in total. The van der Waals surface area contributed by atoms with Crippen LogP contribution in [0.1, 0.15) is 29.0 Å². The van der Waals surface area contributed by atoms with Gasteiger partial charge in [0.2, 0.25) is 0 Å². The monoisotopic (exact) mass is 333 g/mol. The molecule has 0 bridgehead atoms. The minimum atomic E-state index is 0.129. The molecule has 0 spiro atoms. The molecule has 0 aromatic carbocycles. The average Bonchev–Trinajstić information content (AvgIpc) is 2.83. The van der Waals surface area contributed by atoms with Crippen LogP contribution in [0, 0.1) is 6.92 Å². The topological polar surface area (TPSA) is 25.2 Å². The van der Waals surface area contributed by atoms with E-state index in [0.717, 1.165) is 26.7 Å². The van der Waals surface area contributed by atoms with Crippen LogP contribution in [-0.2, 0) is 0 Å². The van der Waals surface area contributed by atoms with Gasteiger partial charge in [-0.3, -0.25) is 0 Å². The number of thiophene rings is 1. The lowest BCUT2D eigenvalue weighted by atomic mass is 10.1. The van der Waals surface area contributed by atoms with Gasteiger partial charge in [0.1, 0.15) is 0 Å². The number of nitrogens with one attached hydrogen (secondary N) is 1. The summed E-state index contributed by atoms with van der Waals surface area (Å²) in [4.78, 5) is 1.21. The van der Waals surface area contributed by atoms with E-state index in [4.69, 9.17) is 16.0 Å². The van der Waals surface area contributed by atoms with Crippen LogP contribution in [0.5, 0.6) is 0 Å². The Kier molecular flexibility index (Phi) is 4.31. The zero-order valence-corrected chi connectivity index (χ0v) is 12.7. The van der Waals surface area contributed by atoms with Crippen molar-refractivity contribution >= 4 is 38.9 Å². The fourth-order valence-corrected chi connectivity index (χ4v) is 3.49. The Hall–Kier alpha value is -0.290. The summed E-state index contributed by atoms with van der Waals surface area (Å²) < 4.78 is 6.92. The first kappa shape index (κ1) is 13.1. The molecule has 2 rings (SSSR count). The highest BCUT2D eigenvalue weighted by Crippen LogP contribution is 2.36. The zero-order chi connectivity index (χ0) is 12.4. The molecule has 1 atom stereocenters. The molecule has 0 fully saturated rings. The number of furan rings is 1. The maximum Gasteiger partial charge on any atom is 0.174 e. The van der Waals surface area contributed by atoms with Crippen molar-refractivity contribution in [1.29, 1.82) is 0 Å². The summed E-state index contributed by atoms with van der Waals surface area (Å²) in [7, 11) is 0. The molecular formula is C12H13BrClNOS. The van der Waals surface area contributed by atoms with Crippen LogP contribution in [0.2, 0.25) is 4.34 Å². The lowest BCUT2D eigenvalue weighted by molar-refractivity contribution is 0.527. The predicted octanol–water partition coefficient (Wildman–Crippen LogP) is 4.76. The summed E-state index contributed by atoms with van der Waals surface area (Å²) in [5.41, 5.74) is 2.22. The molecule has 1 N–H and O–H groups in total. The molecule has 92 valence electrons. The predicted molar refractivity (Wildman–Crippen MR) is 76.0 cm³/mol. The summed E-state index contributed by atoms with van der Waals surface area (Å²) in [6.07, 6.45) is 1.69. The summed E-state index contributed by atoms with van der Waals surface area (Å²) in [6, 6.07) is 4.23. The summed E-state index contributed by atoms with van der Waals surface area (Å²) >= 11 is 11.2. The van der Waals surface area contributed by atoms with Crippen LogP contribution in [0.3, 0.4) is 0 Å². The van der Waals surface area contributed by atoms with Gasteiger partial charge in [-0.1, -0.05) is 18.5 Å². The molecule has 0 radical (unpaired) electrons. The molecule has 0 aliphatic rings. The molecule has 0 saturated heterocycles. The first-order valence-corrected chi connectivity index (χ1v) is 7.34. The summed E-state index contributed by atoms with van der Waals surface area (Å²) in [5, 5.41) is 3.44. The molecule has 0 aliphatic carbocycles. The maximum atomic E-state index is 6.13. The third kappa shape index (κ3) is 2.76. The normalized spacial score (nSPS) is 12.9. The average molecular weight is 335 g/mol. The number of aryl methyl sites for hydroxylation is 1. The summed E-state index contributed by atoms with van der Waals surface area (Å²) in [6.45, 7) is 5.00. The van der Waals surface area contributed by atoms with E-state index in [0.29, 0.717) is 0 Å². The maximum absolute atomic E-state index is 6.13. The van der Waals surface area contributed by atoms with E-state index in [-0.39, 0.29) is 6.04 Å². The van der Waals surface area contributed by atoms with Gasteiger partial charge in [-0.15, -0.1) is 11.3 Å². The van der Waals surface area contributed by atoms with Crippen molar-refractivity contribution in [3.8, 4) is 0 Å². The van der Waals surface area contributed by atoms with Gasteiger partial charge < -0.3 is 9.73 Å². The van der Waals surface area contributed by atoms with E-state index in [1.54, 1.807) is 17.6 Å². The first-order valence-electron chi connectivity index (χ1n) is 5.35. The second-order valence-corrected chi connectivity index (χ2v) is 6.15. The van der Waals surface area contributed by atoms with E-state index in [1.807, 2.05) is 13.0 Å². The Bertz CT molecular complexity index is 489. The van der Waals surface area contributed by atoms with Crippen LogP contribution in [-0.4, -0.2) is 6.54 Å². The Morgan fingerprint density at radius 1 is 1.59 bits per heavy atom. The van der Waals surface area contributed by atoms with Crippen LogP contribution in [0.4, 0.5) is 0 Å². The highest BCUT2D eigenvalue weighted by molar-refractivity contribution is 9.10. The quantitative estimate of drug-likeness (QED) is 0.871. The largest absolute Gasteiger partial charge is 0.457 e. The number of rotatable bonds is 4. The Morgan fingerprint density at radius 3 is 2.82 bits per heavy atom. The molecule has 2 heterocycles. The fraction of sp³-hybridized carbons (Fsp3) is 0.333. The molecular weight excluding hydrogens is 322 g/mol. The fourth-order valence-electron chi connectivity index (χ4n) is 1.70. The van der Waals surface area contributed by atoms with Gasteiger partial charge in [-0.25, -0.2) is 0 Å². The molecule has 1 unspecified atom stereocenters. The lowest BCUT2D eigenvalue weighted by Gasteiger charge is -2.15. The highest BCUT2D eigenvalue weighted by Gasteiger charge is 2.20. The Balaban J connectivity index is 2.39. The minimum Gasteiger partial charge on any atom is -0.457 e. The SMILES string of the molecule is CCNC(c1cc(C)c(Cl)s1)c1ccoc1Br. The number of hydrogen-bond donors (Lipinski definition) is 1. The molecule has 0 aliphatic heterocycles. The molecule has 17 heavy (non-hydrogen) atoms. The number of hydrogen-bond acceptors (Lipinski definition) is 3. The van der Waals surface area contributed by atoms with Crippen molar-refractivity contribution in [3.63, 3.8) is 0 Å². The first-order chi connectivity index (χ1) is 8.13. The van der Waals surface area contributed by atoms with Crippen LogP contribution < -0.4 is 5.32 Å². The van der Waals surface area contributed by atoms with Crippen LogP contribution in [0.15, 0.2) is 27.5 Å². The van der Waals surface area contributed by atoms with E-state index in [1.165, 1.54) is 4.88 Å². The third-order valence-corrected chi connectivity index (χ3v) is 4.79. The highest BCUT2D eigenvalue weighted by atomic mass is 79.9. The standard InChI is InChI=1S/C12H13BrClNOS/c1-3-15-10(8-4-5-16-11(8)13)9-6-7(2)12(14)17-9/h4-6,10,15H,3H2,1-2H3. The molecule has 2 aromatic heterocycles. The second kappa shape index (κ2) is 5.57. The van der Waals surface area contributed by atoms with Gasteiger partial charge in [0, 0.05) is 10.4 Å². The zero-order valence-electron chi connectivity index (χ0n) is 9.59. The molecule has 5 heteroatoms. The van der Waals surface area contributed by atoms with Gasteiger partial charge in [-0.05, 0) is 47.1 Å². The van der Waals surface area contributed by atoms with Crippen molar-refractivity contribution in [2.75, 3.05) is 6.54 Å². The van der Waals surface area contributed by atoms with E-state index in [9.17, 15) is 0 Å². The van der Waals surface area contributed by atoms with E-state index >= 15 is 0 Å². The van der Waals surface area contributed by atoms with Gasteiger partial charge in [0.15, 0.2) is 4.67 Å². The van der Waals surface area contributed by atoms with Crippen LogP contribution >= 0.6 is 38.9 Å². The van der Waals surface area contributed by atoms with Crippen molar-refractivity contribution < 1.29 is 4.42 Å². The van der Waals surface area contributed by atoms with E-state index in [2.05, 4.69) is 34.2 Å². The molecule has 0 saturated carbocycles. The molecule has 0 amide bonds. The number of halogens is 2. The van der Waals surface area contributed by atoms with Crippen molar-refractivity contribution in [2.45, 2.75) is 19.9 Å². The Morgan fingerprint density at radius 2 is 2.35 bits per heavy atom. The van der Waals surface area contributed by atoms with Crippen molar-refractivity contribution in [1.82, 2.24) is 5.32 Å². The van der Waals surface area contributed by atoms with Gasteiger partial charge in [-0.2, -0.15) is 0 Å². The second-order valence-electron chi connectivity index (χ2n) is 3.75. The molecule has 2 aromatic rings.